The highest BCUT2D eigenvalue weighted by molar-refractivity contribution is 5.80. The van der Waals surface area contributed by atoms with E-state index in [9.17, 15) is 40.5 Å². The van der Waals surface area contributed by atoms with Gasteiger partial charge in [0.15, 0.2) is 6.29 Å². The van der Waals surface area contributed by atoms with Crippen LogP contribution in [0.25, 0.3) is 0 Å². The number of aliphatic hydroxyl groups is 7. The van der Waals surface area contributed by atoms with Gasteiger partial charge in [0.2, 0.25) is 5.91 Å². The van der Waals surface area contributed by atoms with Crippen LogP contribution in [0.5, 0.6) is 0 Å². The van der Waals surface area contributed by atoms with Gasteiger partial charge in [-0.2, -0.15) is 0 Å². The van der Waals surface area contributed by atoms with Crippen LogP contribution in [-0.2, 0) is 14.3 Å². The van der Waals surface area contributed by atoms with Crippen molar-refractivity contribution in [3.63, 3.8) is 0 Å². The van der Waals surface area contributed by atoms with Gasteiger partial charge in [-0.15, -0.1) is 0 Å². The van der Waals surface area contributed by atoms with Crippen molar-refractivity contribution in [2.75, 3.05) is 13.2 Å². The molecule has 1 heterocycles. The number of allylic oxidation sites excluding steroid dienone is 6. The van der Waals surface area contributed by atoms with Crippen LogP contribution >= 0.6 is 0 Å². The number of ether oxygens (including phenoxy) is 2. The lowest BCUT2D eigenvalue weighted by Crippen LogP contribution is -2.60. The molecule has 1 aliphatic heterocycles. The van der Waals surface area contributed by atoms with Crippen LogP contribution in [0.1, 0.15) is 341 Å². The SMILES string of the molecule is CCCCCCCCCCCCCC/C=C\CCCCCCCCCCCCCCCCCCC(O)C(=O)NC(COC1OC(CO)C(O)C(O)C1O)C(O)C(O)CCC/C=C/CC/C=C/CCCCCCCCCCCCCCCC. The van der Waals surface area contributed by atoms with Crippen LogP contribution in [0.4, 0.5) is 0 Å². The fourth-order valence-electron chi connectivity index (χ4n) is 11.5. The number of nitrogens with one attached hydrogen (secondary N) is 1. The van der Waals surface area contributed by atoms with E-state index < -0.39 is 74.2 Å². The van der Waals surface area contributed by atoms with Gasteiger partial charge < -0.3 is 50.5 Å². The monoisotopic (exact) mass is 1160 g/mol. The Morgan fingerprint density at radius 2 is 0.732 bits per heavy atom. The third-order valence-electron chi connectivity index (χ3n) is 17.1. The summed E-state index contributed by atoms with van der Waals surface area (Å²) in [5.74, 6) is -0.705. The van der Waals surface area contributed by atoms with Gasteiger partial charge in [0.05, 0.1) is 25.4 Å². The maximum Gasteiger partial charge on any atom is 0.249 e. The van der Waals surface area contributed by atoms with Crippen molar-refractivity contribution >= 4 is 5.91 Å². The molecule has 0 aromatic carbocycles. The Hall–Kier alpha value is -1.67. The lowest BCUT2D eigenvalue weighted by molar-refractivity contribution is -0.303. The Morgan fingerprint density at radius 3 is 1.09 bits per heavy atom. The summed E-state index contributed by atoms with van der Waals surface area (Å²) in [6, 6.07) is -1.19. The Morgan fingerprint density at radius 1 is 0.415 bits per heavy atom. The number of carbonyl (C=O) groups excluding carboxylic acids is 1. The average Bonchev–Trinajstić information content (AvgIpc) is 3.49. The lowest BCUT2D eigenvalue weighted by Gasteiger charge is -2.40. The zero-order valence-electron chi connectivity index (χ0n) is 53.5. The van der Waals surface area contributed by atoms with Crippen LogP contribution < -0.4 is 5.32 Å². The average molecular weight is 1160 g/mol. The van der Waals surface area contributed by atoms with E-state index in [2.05, 4.69) is 55.6 Å². The first kappa shape index (κ1) is 78.3. The van der Waals surface area contributed by atoms with Gasteiger partial charge >= 0.3 is 0 Å². The molecule has 0 saturated carbocycles. The normalized spacial score (nSPS) is 19.3. The van der Waals surface area contributed by atoms with Gasteiger partial charge in [-0.3, -0.25) is 4.79 Å². The predicted octanol–water partition coefficient (Wildman–Crippen LogP) is 17.0. The summed E-state index contributed by atoms with van der Waals surface area (Å²) in [5, 5.41) is 76.4. The number of rotatable bonds is 62. The van der Waals surface area contributed by atoms with E-state index in [4.69, 9.17) is 9.47 Å². The third kappa shape index (κ3) is 46.5. The zero-order chi connectivity index (χ0) is 59.6. The van der Waals surface area contributed by atoms with Crippen molar-refractivity contribution in [2.45, 2.75) is 396 Å². The summed E-state index contributed by atoms with van der Waals surface area (Å²) in [4.78, 5) is 13.2. The van der Waals surface area contributed by atoms with Crippen molar-refractivity contribution in [1.29, 1.82) is 0 Å². The molecule has 0 spiro atoms. The van der Waals surface area contributed by atoms with Crippen molar-refractivity contribution in [3.8, 4) is 0 Å². The molecule has 9 atom stereocenters. The molecule has 0 bridgehead atoms. The highest BCUT2D eigenvalue weighted by Crippen LogP contribution is 2.24. The molecule has 484 valence electrons. The molecule has 11 heteroatoms. The van der Waals surface area contributed by atoms with E-state index in [0.717, 1.165) is 38.5 Å². The number of amides is 1. The van der Waals surface area contributed by atoms with Crippen molar-refractivity contribution in [3.05, 3.63) is 36.5 Å². The first-order valence-corrected chi connectivity index (χ1v) is 35.4. The van der Waals surface area contributed by atoms with Gasteiger partial charge in [0.25, 0.3) is 0 Å². The minimum Gasteiger partial charge on any atom is -0.394 e. The molecule has 0 aromatic heterocycles. The van der Waals surface area contributed by atoms with E-state index in [-0.39, 0.29) is 12.8 Å². The van der Waals surface area contributed by atoms with Gasteiger partial charge in [-0.1, -0.05) is 301 Å². The molecule has 1 rings (SSSR count). The molecular formula is C71H135NO10. The number of aliphatic hydroxyl groups excluding tert-OH is 7. The lowest BCUT2D eigenvalue weighted by atomic mass is 9.98. The van der Waals surface area contributed by atoms with Crippen molar-refractivity contribution < 1.29 is 50.0 Å². The van der Waals surface area contributed by atoms with Crippen LogP contribution in [0.2, 0.25) is 0 Å². The molecule has 1 saturated heterocycles. The molecule has 8 N–H and O–H groups in total. The highest BCUT2D eigenvalue weighted by atomic mass is 16.7. The molecule has 0 radical (unpaired) electrons. The van der Waals surface area contributed by atoms with E-state index >= 15 is 0 Å². The maximum atomic E-state index is 13.2. The molecule has 82 heavy (non-hydrogen) atoms. The second kappa shape index (κ2) is 59.7. The summed E-state index contributed by atoms with van der Waals surface area (Å²) in [6.45, 7) is 3.49. The largest absolute Gasteiger partial charge is 0.394 e. The Labute approximate surface area is 505 Å². The second-order valence-corrected chi connectivity index (χ2v) is 24.9. The minimum absolute atomic E-state index is 0.248. The predicted molar refractivity (Wildman–Crippen MR) is 344 cm³/mol. The third-order valence-corrected chi connectivity index (χ3v) is 17.1. The molecule has 1 amide bonds. The molecule has 0 aliphatic carbocycles. The van der Waals surface area contributed by atoms with Crippen LogP contribution in [0, 0.1) is 0 Å². The van der Waals surface area contributed by atoms with E-state index in [1.54, 1.807) is 0 Å². The number of hydrogen-bond donors (Lipinski definition) is 8. The summed E-state index contributed by atoms with van der Waals surface area (Å²) >= 11 is 0. The quantitative estimate of drug-likeness (QED) is 0.0215. The van der Waals surface area contributed by atoms with Gasteiger partial charge in [0, 0.05) is 0 Å². The summed E-state index contributed by atoms with van der Waals surface area (Å²) < 4.78 is 11.2. The van der Waals surface area contributed by atoms with E-state index in [0.29, 0.717) is 19.3 Å². The Bertz CT molecular complexity index is 1430. The fraction of sp³-hybridized carbons (Fsp3) is 0.901. The highest BCUT2D eigenvalue weighted by Gasteiger charge is 2.44. The Kier molecular flexibility index (Phi) is 57.0. The number of unbranched alkanes of at least 4 members (excludes halogenated alkanes) is 44. The Balaban J connectivity index is 2.21. The smallest absolute Gasteiger partial charge is 0.249 e. The van der Waals surface area contributed by atoms with E-state index in [1.165, 1.54) is 257 Å². The van der Waals surface area contributed by atoms with Crippen LogP contribution in [0.15, 0.2) is 36.5 Å². The molecule has 11 nitrogen and oxygen atoms in total. The van der Waals surface area contributed by atoms with E-state index in [1.807, 2.05) is 0 Å². The van der Waals surface area contributed by atoms with Crippen LogP contribution in [0.3, 0.4) is 0 Å². The zero-order valence-corrected chi connectivity index (χ0v) is 53.5. The summed E-state index contributed by atoms with van der Waals surface area (Å²) in [6.07, 6.45) is 65.2. The molecular weight excluding hydrogens is 1030 g/mol. The maximum absolute atomic E-state index is 13.2. The molecule has 9 unspecified atom stereocenters. The minimum atomic E-state index is -1.67. The fourth-order valence-corrected chi connectivity index (χ4v) is 11.5. The molecule has 0 aromatic rings. The first-order valence-electron chi connectivity index (χ1n) is 35.4. The second-order valence-electron chi connectivity index (χ2n) is 24.9. The summed E-state index contributed by atoms with van der Waals surface area (Å²) in [7, 11) is 0. The molecule has 1 aliphatic rings. The number of carbonyl (C=O) groups is 1. The van der Waals surface area contributed by atoms with Crippen molar-refractivity contribution in [2.24, 2.45) is 0 Å². The van der Waals surface area contributed by atoms with Crippen molar-refractivity contribution in [1.82, 2.24) is 5.32 Å². The van der Waals surface area contributed by atoms with Gasteiger partial charge in [0.1, 0.15) is 36.6 Å². The first-order chi connectivity index (χ1) is 40.2. The standard InChI is InChI=1S/C71H135NO10/c1-3-5-7-9-11-13-15-17-19-21-23-25-27-28-29-30-31-32-33-34-35-37-39-41-43-45-47-49-51-53-55-57-59-64(75)70(80)72-62(61-81-71-69(79)68(78)67(77)65(60-73)82-71)66(76)63(74)58-56-54-52-50-48-46-44-42-40-38-36-26-24-22-20-18-16-14-12-10-8-6-4-2/h28-29,42,44,50,52,62-69,71,73-79H,3-27,30-41,43,45-49,51,53-61H2,1-2H3,(H,72,80)/b29-28-,44-42+,52-50+. The topological polar surface area (TPSA) is 189 Å². The summed E-state index contributed by atoms with van der Waals surface area (Å²) in [5.41, 5.74) is 0. The van der Waals surface area contributed by atoms with Gasteiger partial charge in [-0.25, -0.2) is 0 Å². The molecule has 1 fully saturated rings. The van der Waals surface area contributed by atoms with Crippen LogP contribution in [-0.4, -0.2) is 110 Å². The van der Waals surface area contributed by atoms with Gasteiger partial charge in [-0.05, 0) is 77.0 Å². The number of hydrogen-bond acceptors (Lipinski definition) is 10.